The minimum absolute atomic E-state index is 0.0621. The van der Waals surface area contributed by atoms with Gasteiger partial charge in [-0.3, -0.25) is 0 Å². The molecule has 0 aliphatic rings. The lowest BCUT2D eigenvalue weighted by molar-refractivity contribution is 0.292. The Bertz CT molecular complexity index is 602. The zero-order valence-electron chi connectivity index (χ0n) is 12.6. The third-order valence-corrected chi connectivity index (χ3v) is 3.07. The Hall–Kier alpha value is -2.37. The summed E-state index contributed by atoms with van der Waals surface area (Å²) in [4.78, 5) is 12.3. The van der Waals surface area contributed by atoms with E-state index < -0.39 is 0 Å². The first-order valence-electron chi connectivity index (χ1n) is 7.06. The average Bonchev–Trinajstić information content (AvgIpc) is 2.45. The summed E-state index contributed by atoms with van der Waals surface area (Å²) in [7, 11) is 0. The second-order valence-corrected chi connectivity index (χ2v) is 4.87. The van der Waals surface area contributed by atoms with E-state index in [2.05, 4.69) is 46.2 Å². The van der Waals surface area contributed by atoms with Crippen LogP contribution in [-0.4, -0.2) is 21.6 Å². The van der Waals surface area contributed by atoms with Gasteiger partial charge in [-0.1, -0.05) is 31.2 Å². The molecule has 0 saturated carbocycles. The summed E-state index contributed by atoms with van der Waals surface area (Å²) in [6, 6.07) is 8.49. The molecule has 6 heteroatoms. The van der Waals surface area contributed by atoms with Crippen LogP contribution in [-0.2, 0) is 0 Å². The zero-order valence-corrected chi connectivity index (χ0v) is 12.6. The Balaban J connectivity index is 2.15. The van der Waals surface area contributed by atoms with Crippen LogP contribution in [0.3, 0.4) is 0 Å². The number of nitrogens with two attached hydrogens (primary N) is 1. The summed E-state index contributed by atoms with van der Waals surface area (Å²) < 4.78 is 5.41. The van der Waals surface area contributed by atoms with Gasteiger partial charge < -0.3 is 15.8 Å². The molecule has 1 unspecified atom stereocenters. The van der Waals surface area contributed by atoms with Crippen LogP contribution in [0.4, 0.5) is 11.9 Å². The van der Waals surface area contributed by atoms with Crippen LogP contribution < -0.4 is 15.8 Å². The van der Waals surface area contributed by atoms with E-state index >= 15 is 0 Å². The van der Waals surface area contributed by atoms with Crippen molar-refractivity contribution in [1.29, 1.82) is 0 Å². The fourth-order valence-electron chi connectivity index (χ4n) is 2.04. The van der Waals surface area contributed by atoms with Gasteiger partial charge in [-0.2, -0.15) is 15.0 Å². The van der Waals surface area contributed by atoms with Crippen molar-refractivity contribution in [3.05, 3.63) is 35.4 Å². The number of ether oxygens (including phenoxy) is 1. The molecule has 0 radical (unpaired) electrons. The molecular weight excluding hydrogens is 266 g/mol. The monoisotopic (exact) mass is 287 g/mol. The highest BCUT2D eigenvalue weighted by Crippen LogP contribution is 2.21. The Kier molecular flexibility index (Phi) is 4.92. The number of anilines is 2. The summed E-state index contributed by atoms with van der Waals surface area (Å²) >= 11 is 0. The van der Waals surface area contributed by atoms with Crippen molar-refractivity contribution in [1.82, 2.24) is 15.0 Å². The summed E-state index contributed by atoms with van der Waals surface area (Å²) in [5.41, 5.74) is 8.09. The smallest absolute Gasteiger partial charge is 0.323 e. The molecule has 0 aliphatic heterocycles. The summed E-state index contributed by atoms with van der Waals surface area (Å²) in [5, 5.41) is 3.23. The van der Waals surface area contributed by atoms with E-state index in [9.17, 15) is 0 Å². The number of hydrogen-bond acceptors (Lipinski definition) is 6. The van der Waals surface area contributed by atoms with Gasteiger partial charge in [-0.15, -0.1) is 0 Å². The lowest BCUT2D eigenvalue weighted by Gasteiger charge is -2.16. The molecule has 1 aromatic heterocycles. The van der Waals surface area contributed by atoms with Crippen LogP contribution in [0.5, 0.6) is 6.01 Å². The molecule has 0 fully saturated rings. The van der Waals surface area contributed by atoms with Crippen molar-refractivity contribution in [3.63, 3.8) is 0 Å². The Morgan fingerprint density at radius 3 is 2.71 bits per heavy atom. The molecule has 0 saturated heterocycles. The van der Waals surface area contributed by atoms with Crippen molar-refractivity contribution >= 4 is 11.9 Å². The molecule has 2 aromatic rings. The van der Waals surface area contributed by atoms with Crippen molar-refractivity contribution in [2.24, 2.45) is 0 Å². The first kappa shape index (κ1) is 15.0. The maximum atomic E-state index is 5.69. The standard InChI is InChI=1S/C15H21N5O/c1-4-9-21-15-19-13(16)18-14(20-15)17-11(3)12-8-6-5-7-10(12)2/h5-8,11H,4,9H2,1-3H3,(H3,16,17,18,19,20). The third kappa shape index (κ3) is 4.05. The van der Waals surface area contributed by atoms with E-state index in [1.165, 1.54) is 11.1 Å². The number of hydrogen-bond donors (Lipinski definition) is 2. The molecule has 1 atom stereocenters. The molecule has 2 rings (SSSR count). The number of benzene rings is 1. The molecule has 0 aliphatic carbocycles. The van der Waals surface area contributed by atoms with Crippen LogP contribution in [0.1, 0.15) is 37.4 Å². The van der Waals surface area contributed by atoms with Crippen molar-refractivity contribution in [2.75, 3.05) is 17.7 Å². The van der Waals surface area contributed by atoms with E-state index in [1.54, 1.807) is 0 Å². The van der Waals surface area contributed by atoms with Crippen LogP contribution in [0.15, 0.2) is 24.3 Å². The fourth-order valence-corrected chi connectivity index (χ4v) is 2.04. The minimum atomic E-state index is 0.0621. The van der Waals surface area contributed by atoms with Crippen LogP contribution >= 0.6 is 0 Å². The second kappa shape index (κ2) is 6.88. The number of nitrogens with zero attached hydrogens (tertiary/aromatic N) is 3. The molecule has 0 amide bonds. The quantitative estimate of drug-likeness (QED) is 0.849. The van der Waals surface area contributed by atoms with Gasteiger partial charge in [0, 0.05) is 0 Å². The van der Waals surface area contributed by atoms with E-state index in [1.807, 2.05) is 19.1 Å². The highest BCUT2D eigenvalue weighted by molar-refractivity contribution is 5.38. The predicted octanol–water partition coefficient (Wildman–Crippen LogP) is 2.72. The number of nitrogens with one attached hydrogen (secondary N) is 1. The van der Waals surface area contributed by atoms with Gasteiger partial charge in [0.2, 0.25) is 11.9 Å². The normalized spacial score (nSPS) is 12.0. The average molecular weight is 287 g/mol. The van der Waals surface area contributed by atoms with Crippen molar-refractivity contribution < 1.29 is 4.74 Å². The lowest BCUT2D eigenvalue weighted by atomic mass is 10.0. The molecule has 1 heterocycles. The van der Waals surface area contributed by atoms with E-state index in [0.717, 1.165) is 6.42 Å². The number of aromatic nitrogens is 3. The van der Waals surface area contributed by atoms with Gasteiger partial charge in [0.15, 0.2) is 0 Å². The van der Waals surface area contributed by atoms with Crippen LogP contribution in [0.25, 0.3) is 0 Å². The SMILES string of the molecule is CCCOc1nc(N)nc(NC(C)c2ccccc2C)n1. The summed E-state index contributed by atoms with van der Waals surface area (Å²) in [5.74, 6) is 0.569. The molecule has 6 nitrogen and oxygen atoms in total. The van der Waals surface area contributed by atoms with Gasteiger partial charge in [0.05, 0.1) is 12.6 Å². The number of nitrogen functional groups attached to an aromatic ring is 1. The molecular formula is C15H21N5O. The van der Waals surface area contributed by atoms with E-state index in [0.29, 0.717) is 12.6 Å². The molecule has 21 heavy (non-hydrogen) atoms. The van der Waals surface area contributed by atoms with E-state index in [4.69, 9.17) is 10.5 Å². The summed E-state index contributed by atoms with van der Waals surface area (Å²) in [6.45, 7) is 6.69. The van der Waals surface area contributed by atoms with Gasteiger partial charge >= 0.3 is 6.01 Å². The van der Waals surface area contributed by atoms with Crippen molar-refractivity contribution in [2.45, 2.75) is 33.2 Å². The summed E-state index contributed by atoms with van der Waals surface area (Å²) in [6.07, 6.45) is 0.883. The number of aryl methyl sites for hydroxylation is 1. The Morgan fingerprint density at radius 1 is 1.24 bits per heavy atom. The fraction of sp³-hybridized carbons (Fsp3) is 0.400. The first-order valence-corrected chi connectivity index (χ1v) is 7.06. The van der Waals surface area contributed by atoms with Gasteiger partial charge in [-0.25, -0.2) is 0 Å². The van der Waals surface area contributed by atoms with Crippen LogP contribution in [0, 0.1) is 6.92 Å². The maximum Gasteiger partial charge on any atom is 0.323 e. The van der Waals surface area contributed by atoms with Gasteiger partial charge in [0.25, 0.3) is 0 Å². The minimum Gasteiger partial charge on any atom is -0.463 e. The van der Waals surface area contributed by atoms with Gasteiger partial charge in [-0.05, 0) is 31.4 Å². The second-order valence-electron chi connectivity index (χ2n) is 4.87. The molecule has 112 valence electrons. The Labute approximate surface area is 124 Å². The maximum absolute atomic E-state index is 5.69. The third-order valence-electron chi connectivity index (χ3n) is 3.07. The molecule has 0 bridgehead atoms. The molecule has 1 aromatic carbocycles. The first-order chi connectivity index (χ1) is 10.1. The van der Waals surface area contributed by atoms with Crippen molar-refractivity contribution in [3.8, 4) is 6.01 Å². The topological polar surface area (TPSA) is 86.0 Å². The molecule has 0 spiro atoms. The highest BCUT2D eigenvalue weighted by Gasteiger charge is 2.11. The lowest BCUT2D eigenvalue weighted by Crippen LogP contribution is -2.13. The molecule has 3 N–H and O–H groups in total. The number of rotatable bonds is 6. The zero-order chi connectivity index (χ0) is 15.2. The van der Waals surface area contributed by atoms with Gasteiger partial charge in [0.1, 0.15) is 0 Å². The predicted molar refractivity (Wildman–Crippen MR) is 83.2 cm³/mol. The largest absolute Gasteiger partial charge is 0.463 e. The Morgan fingerprint density at radius 2 is 2.00 bits per heavy atom. The highest BCUT2D eigenvalue weighted by atomic mass is 16.5. The van der Waals surface area contributed by atoms with E-state index in [-0.39, 0.29) is 18.0 Å². The van der Waals surface area contributed by atoms with Crippen LogP contribution in [0.2, 0.25) is 0 Å².